The van der Waals surface area contributed by atoms with E-state index in [4.69, 9.17) is 14.8 Å². The van der Waals surface area contributed by atoms with E-state index in [9.17, 15) is 0 Å². The fraction of sp³-hybridized carbons (Fsp3) is 0.240. The molecule has 4 heterocycles. The summed E-state index contributed by atoms with van der Waals surface area (Å²) in [6.07, 6.45) is 2.04. The van der Waals surface area contributed by atoms with E-state index in [1.54, 1.807) is 0 Å². The average molecular weight is 736 g/mol. The van der Waals surface area contributed by atoms with Gasteiger partial charge in [0, 0.05) is 51.1 Å². The molecule has 0 unspecified atom stereocenters. The van der Waals surface area contributed by atoms with Crippen LogP contribution in [0.4, 0.5) is 0 Å². The lowest BCUT2D eigenvalue weighted by Gasteiger charge is -2.22. The zero-order valence-corrected chi connectivity index (χ0v) is 34.4. The minimum atomic E-state index is -0.0853. The molecule has 0 atom stereocenters. The van der Waals surface area contributed by atoms with Crippen molar-refractivity contribution in [2.45, 2.75) is 81.6 Å². The number of ether oxygens (including phenoxy) is 1. The van der Waals surface area contributed by atoms with E-state index in [1.807, 2.05) is 17.8 Å². The van der Waals surface area contributed by atoms with E-state index in [0.29, 0.717) is 0 Å². The maximum atomic E-state index is 6.81. The largest absolute Gasteiger partial charge is 0.457 e. The first-order valence-corrected chi connectivity index (χ1v) is 19.6. The summed E-state index contributed by atoms with van der Waals surface area (Å²) in [4.78, 5) is 5.23. The SMILES string of the molecule is Cc1cc(C)c2c(c1)c1cc(C)cc(C)c1n2-c1c(C)cnc(-n2c3ccccc3c3ccc(Oc4cc(-n5nc(C)cc5C)cc(C(C)(C)C)c4)cc32)c1C. The summed E-state index contributed by atoms with van der Waals surface area (Å²) < 4.78 is 13.7. The number of benzene rings is 5. The van der Waals surface area contributed by atoms with Gasteiger partial charge in [-0.05, 0) is 132 Å². The highest BCUT2D eigenvalue weighted by Gasteiger charge is 2.24. The Labute approximate surface area is 329 Å². The van der Waals surface area contributed by atoms with Gasteiger partial charge in [0.2, 0.25) is 0 Å². The van der Waals surface area contributed by atoms with Crippen LogP contribution in [0.1, 0.15) is 71.1 Å². The lowest BCUT2D eigenvalue weighted by atomic mass is 9.86. The Bertz CT molecular complexity index is 3010. The molecule has 6 nitrogen and oxygen atoms in total. The van der Waals surface area contributed by atoms with E-state index in [0.717, 1.165) is 61.9 Å². The first-order valence-electron chi connectivity index (χ1n) is 19.6. The second kappa shape index (κ2) is 12.7. The Kier molecular flexibility index (Phi) is 8.07. The number of nitrogens with zero attached hydrogens (tertiary/aromatic N) is 5. The third kappa shape index (κ3) is 5.61. The average Bonchev–Trinajstić information content (AvgIpc) is 3.76. The van der Waals surface area contributed by atoms with E-state index in [-0.39, 0.29) is 5.41 Å². The normalized spacial score (nSPS) is 12.2. The minimum Gasteiger partial charge on any atom is -0.457 e. The van der Waals surface area contributed by atoms with Crippen LogP contribution in [0.15, 0.2) is 97.2 Å². The molecule has 56 heavy (non-hydrogen) atoms. The van der Waals surface area contributed by atoms with Crippen molar-refractivity contribution in [3.05, 3.63) is 148 Å². The molecule has 0 amide bonds. The van der Waals surface area contributed by atoms with Crippen LogP contribution in [0, 0.1) is 55.4 Å². The van der Waals surface area contributed by atoms with Gasteiger partial charge in [0.05, 0.1) is 39.1 Å². The van der Waals surface area contributed by atoms with Crippen LogP contribution < -0.4 is 4.74 Å². The minimum absolute atomic E-state index is 0.0853. The molecule has 0 fully saturated rings. The zero-order chi connectivity index (χ0) is 39.4. The van der Waals surface area contributed by atoms with Crippen molar-refractivity contribution in [3.63, 3.8) is 0 Å². The summed E-state index contributed by atoms with van der Waals surface area (Å²) >= 11 is 0. The second-order valence-corrected chi connectivity index (χ2v) is 17.0. The van der Waals surface area contributed by atoms with Crippen LogP contribution in [0.2, 0.25) is 0 Å². The number of aromatic nitrogens is 5. The summed E-state index contributed by atoms with van der Waals surface area (Å²) in [6, 6.07) is 32.9. The van der Waals surface area contributed by atoms with E-state index in [1.165, 1.54) is 60.7 Å². The summed E-state index contributed by atoms with van der Waals surface area (Å²) in [5, 5.41) is 9.70. The van der Waals surface area contributed by atoms with Crippen molar-refractivity contribution < 1.29 is 4.74 Å². The molecule has 280 valence electrons. The van der Waals surface area contributed by atoms with Crippen LogP contribution in [0.5, 0.6) is 11.5 Å². The van der Waals surface area contributed by atoms with Gasteiger partial charge in [-0.3, -0.25) is 4.57 Å². The molecule has 9 rings (SSSR count). The van der Waals surface area contributed by atoms with Gasteiger partial charge in [-0.25, -0.2) is 9.67 Å². The highest BCUT2D eigenvalue weighted by atomic mass is 16.5. The smallest absolute Gasteiger partial charge is 0.142 e. The Balaban J connectivity index is 1.26. The molecule has 6 heteroatoms. The number of aryl methyl sites for hydroxylation is 7. The fourth-order valence-electron chi connectivity index (χ4n) is 9.01. The molecule has 0 saturated heterocycles. The number of hydrogen-bond acceptors (Lipinski definition) is 3. The summed E-state index contributed by atoms with van der Waals surface area (Å²) in [5.41, 5.74) is 17.3. The number of fused-ring (bicyclic) bond motifs is 6. The first kappa shape index (κ1) is 35.6. The van der Waals surface area contributed by atoms with Crippen LogP contribution in [0.3, 0.4) is 0 Å². The summed E-state index contributed by atoms with van der Waals surface area (Å²) in [7, 11) is 0. The molecular formula is C50H49N5O. The van der Waals surface area contributed by atoms with Crippen molar-refractivity contribution >= 4 is 43.6 Å². The predicted octanol–water partition coefficient (Wildman–Crippen LogP) is 13.0. The molecule has 0 aliphatic rings. The van der Waals surface area contributed by atoms with Gasteiger partial charge >= 0.3 is 0 Å². The molecule has 0 N–H and O–H groups in total. The van der Waals surface area contributed by atoms with Gasteiger partial charge < -0.3 is 9.30 Å². The van der Waals surface area contributed by atoms with Gasteiger partial charge in [0.15, 0.2) is 0 Å². The van der Waals surface area contributed by atoms with Crippen LogP contribution in [-0.2, 0) is 5.41 Å². The lowest BCUT2D eigenvalue weighted by Crippen LogP contribution is -2.12. The van der Waals surface area contributed by atoms with Gasteiger partial charge in [-0.15, -0.1) is 0 Å². The number of para-hydroxylation sites is 1. The zero-order valence-electron chi connectivity index (χ0n) is 34.4. The number of hydrogen-bond donors (Lipinski definition) is 0. The second-order valence-electron chi connectivity index (χ2n) is 17.0. The lowest BCUT2D eigenvalue weighted by molar-refractivity contribution is 0.478. The monoisotopic (exact) mass is 735 g/mol. The third-order valence-corrected chi connectivity index (χ3v) is 11.4. The quantitative estimate of drug-likeness (QED) is 0.177. The third-order valence-electron chi connectivity index (χ3n) is 11.4. The number of pyridine rings is 1. The molecule has 0 radical (unpaired) electrons. The molecule has 9 aromatic rings. The molecule has 0 saturated carbocycles. The van der Waals surface area contributed by atoms with Crippen molar-refractivity contribution in [2.24, 2.45) is 0 Å². The molecule has 5 aromatic carbocycles. The standard InChI is InChI=1S/C50H49N5O/c1-28-18-30(3)47-42(20-28)43-21-29(2)19-31(4)48(43)54(47)46-32(5)27-51-49(35(46)8)53-44-15-13-12-14-40(44)41-17-16-38(26-45(41)53)56-39-24-36(50(9,10)11)23-37(25-39)55-34(7)22-33(6)52-55/h12-27H,1-11H3. The Morgan fingerprint density at radius 2 is 1.23 bits per heavy atom. The number of rotatable bonds is 5. The van der Waals surface area contributed by atoms with Gasteiger partial charge in [-0.1, -0.05) is 62.2 Å². The van der Waals surface area contributed by atoms with Crippen molar-refractivity contribution in [1.29, 1.82) is 0 Å². The van der Waals surface area contributed by atoms with Crippen LogP contribution >= 0.6 is 0 Å². The maximum Gasteiger partial charge on any atom is 0.142 e. The molecule has 0 aliphatic heterocycles. The van der Waals surface area contributed by atoms with E-state index >= 15 is 0 Å². The summed E-state index contributed by atoms with van der Waals surface area (Å²) in [6.45, 7) is 24.1. The molecule has 0 spiro atoms. The highest BCUT2D eigenvalue weighted by Crippen LogP contribution is 2.42. The van der Waals surface area contributed by atoms with Crippen LogP contribution in [0.25, 0.3) is 60.8 Å². The summed E-state index contributed by atoms with van der Waals surface area (Å²) in [5.74, 6) is 2.44. The molecule has 0 aliphatic carbocycles. The molecule has 0 bridgehead atoms. The van der Waals surface area contributed by atoms with Crippen molar-refractivity contribution in [3.8, 4) is 28.7 Å². The highest BCUT2D eigenvalue weighted by molar-refractivity contribution is 6.12. The van der Waals surface area contributed by atoms with Gasteiger partial charge in [-0.2, -0.15) is 5.10 Å². The predicted molar refractivity (Wildman–Crippen MR) is 233 cm³/mol. The van der Waals surface area contributed by atoms with Gasteiger partial charge in [0.25, 0.3) is 0 Å². The maximum absolute atomic E-state index is 6.81. The van der Waals surface area contributed by atoms with E-state index < -0.39 is 0 Å². The first-order chi connectivity index (χ1) is 26.7. The topological polar surface area (TPSA) is 49.8 Å². The fourth-order valence-corrected chi connectivity index (χ4v) is 9.01. The Morgan fingerprint density at radius 1 is 0.571 bits per heavy atom. The van der Waals surface area contributed by atoms with Gasteiger partial charge in [0.1, 0.15) is 17.3 Å². The van der Waals surface area contributed by atoms with Crippen molar-refractivity contribution in [2.75, 3.05) is 0 Å². The van der Waals surface area contributed by atoms with Crippen molar-refractivity contribution in [1.82, 2.24) is 23.9 Å². The molecular weight excluding hydrogens is 687 g/mol. The Morgan fingerprint density at radius 3 is 1.88 bits per heavy atom. The Hall–Kier alpha value is -6.14. The van der Waals surface area contributed by atoms with E-state index in [2.05, 4.69) is 169 Å². The van der Waals surface area contributed by atoms with Crippen LogP contribution in [-0.4, -0.2) is 23.9 Å². The molecule has 4 aromatic heterocycles.